The van der Waals surface area contributed by atoms with Crippen LogP contribution < -0.4 is 14.8 Å². The predicted octanol–water partition coefficient (Wildman–Crippen LogP) is 4.70. The fourth-order valence-electron chi connectivity index (χ4n) is 6.59. The number of esters is 1. The first kappa shape index (κ1) is 39.7. The SMILES string of the molecule is COc1ccc(C(OC[C@H]2O[C@@H](n3cnc4c(NC(=O)CCC(C)=O)ncnc43)[C@H](OC(=O)CCC(C)=O)[C@@H]2O)(c2ccccc2)c2ccc(OC)cc2)cc1. The van der Waals surface area contributed by atoms with Crippen LogP contribution in [0.25, 0.3) is 11.2 Å². The molecule has 3 aromatic carbocycles. The maximum absolute atomic E-state index is 13.1. The van der Waals surface area contributed by atoms with Crippen LogP contribution in [0.15, 0.2) is 91.5 Å². The Balaban J connectivity index is 1.37. The lowest BCUT2D eigenvalue weighted by Crippen LogP contribution is -2.40. The van der Waals surface area contributed by atoms with Crippen LogP contribution in [-0.2, 0) is 39.0 Å². The molecule has 0 aliphatic carbocycles. The number of aliphatic hydroxyl groups excluding tert-OH is 1. The highest BCUT2D eigenvalue weighted by Crippen LogP contribution is 2.43. The third kappa shape index (κ3) is 8.59. The van der Waals surface area contributed by atoms with E-state index in [-0.39, 0.29) is 60.8 Å². The topological polar surface area (TPSA) is 190 Å². The normalized spacial score (nSPS) is 18.0. The molecule has 0 saturated carbocycles. The van der Waals surface area contributed by atoms with Gasteiger partial charge in [-0.1, -0.05) is 54.6 Å². The Bertz CT molecular complexity index is 2110. The molecule has 1 aliphatic heterocycles. The molecule has 6 rings (SSSR count). The van der Waals surface area contributed by atoms with Crippen LogP contribution in [0.5, 0.6) is 11.5 Å². The highest BCUT2D eigenvalue weighted by atomic mass is 16.6. The molecule has 4 atom stereocenters. The van der Waals surface area contributed by atoms with Crippen molar-refractivity contribution in [1.82, 2.24) is 19.5 Å². The molecule has 3 heterocycles. The summed E-state index contributed by atoms with van der Waals surface area (Å²) in [6.07, 6.45) is -2.60. The van der Waals surface area contributed by atoms with Gasteiger partial charge >= 0.3 is 5.97 Å². The summed E-state index contributed by atoms with van der Waals surface area (Å²) in [4.78, 5) is 61.8. The molecular formula is C41H43N5O10. The number of amides is 1. The standard InChI is InChI=1S/C41H43N5O10/c1-25(47)10-20-33(49)45-38-35-39(43-23-42-38)46(24-44-35)40-37(56-34(50)21-11-26(2)48)36(51)32(55-40)22-54-41(27-8-6-5-7-9-27,28-12-16-30(52-3)17-13-28)29-14-18-31(53-4)19-15-29/h5-9,12-19,23-24,32,36-37,40,51H,10-11,20-22H2,1-4H3,(H,42,43,45,49)/t32-,36-,37-,40-/m1/s1. The summed E-state index contributed by atoms with van der Waals surface area (Å²) in [5.41, 5.74) is 1.44. The number of carbonyl (C=O) groups is 4. The minimum atomic E-state index is -1.42. The summed E-state index contributed by atoms with van der Waals surface area (Å²) in [6.45, 7) is 2.57. The monoisotopic (exact) mass is 765 g/mol. The molecule has 5 aromatic rings. The number of anilines is 1. The summed E-state index contributed by atoms with van der Waals surface area (Å²) in [5.74, 6) is -0.0929. The molecule has 15 heteroatoms. The molecule has 1 saturated heterocycles. The molecule has 56 heavy (non-hydrogen) atoms. The van der Waals surface area contributed by atoms with Gasteiger partial charge in [0.2, 0.25) is 5.91 Å². The van der Waals surface area contributed by atoms with Crippen LogP contribution >= 0.6 is 0 Å². The average Bonchev–Trinajstić information content (AvgIpc) is 3.78. The predicted molar refractivity (Wildman–Crippen MR) is 202 cm³/mol. The number of ether oxygens (including phenoxy) is 5. The summed E-state index contributed by atoms with van der Waals surface area (Å²) < 4.78 is 31.7. The third-order valence-corrected chi connectivity index (χ3v) is 9.49. The molecule has 0 unspecified atom stereocenters. The Morgan fingerprint density at radius 2 is 1.38 bits per heavy atom. The number of Topliss-reactive ketones (excluding diaryl/α,β-unsaturated/α-hetero) is 2. The molecule has 0 radical (unpaired) electrons. The van der Waals surface area contributed by atoms with E-state index in [9.17, 15) is 24.3 Å². The minimum Gasteiger partial charge on any atom is -0.497 e. The zero-order valence-electron chi connectivity index (χ0n) is 31.4. The number of aromatic nitrogens is 4. The van der Waals surface area contributed by atoms with Crippen molar-refractivity contribution >= 4 is 40.4 Å². The molecule has 1 amide bonds. The maximum Gasteiger partial charge on any atom is 0.306 e. The number of ketones is 2. The number of imidazole rings is 1. The second-order valence-corrected chi connectivity index (χ2v) is 13.3. The van der Waals surface area contributed by atoms with Crippen molar-refractivity contribution in [2.24, 2.45) is 0 Å². The van der Waals surface area contributed by atoms with Crippen LogP contribution in [0.1, 0.15) is 62.4 Å². The van der Waals surface area contributed by atoms with E-state index < -0.39 is 42.0 Å². The lowest BCUT2D eigenvalue weighted by Gasteiger charge is -2.37. The zero-order valence-corrected chi connectivity index (χ0v) is 31.4. The number of carbonyl (C=O) groups excluding carboxylic acids is 4. The van der Waals surface area contributed by atoms with Gasteiger partial charge in [0.25, 0.3) is 0 Å². The van der Waals surface area contributed by atoms with Crippen molar-refractivity contribution < 1.29 is 48.0 Å². The number of nitrogens with zero attached hydrogens (tertiary/aromatic N) is 4. The van der Waals surface area contributed by atoms with E-state index in [1.165, 1.54) is 31.1 Å². The molecule has 2 N–H and O–H groups in total. The quantitative estimate of drug-likeness (QED) is 0.0980. The van der Waals surface area contributed by atoms with Crippen LogP contribution in [0.4, 0.5) is 5.82 Å². The Morgan fingerprint density at radius 1 is 0.786 bits per heavy atom. The van der Waals surface area contributed by atoms with Crippen molar-refractivity contribution in [3.8, 4) is 11.5 Å². The van der Waals surface area contributed by atoms with Gasteiger partial charge in [-0.25, -0.2) is 15.0 Å². The first-order valence-electron chi connectivity index (χ1n) is 18.0. The number of rotatable bonds is 17. The number of methoxy groups -OCH3 is 2. The largest absolute Gasteiger partial charge is 0.497 e. The van der Waals surface area contributed by atoms with E-state index in [1.54, 1.807) is 14.2 Å². The van der Waals surface area contributed by atoms with Crippen LogP contribution in [-0.4, -0.2) is 87.2 Å². The fraction of sp³-hybridized carbons (Fsp3) is 0.341. The van der Waals surface area contributed by atoms with Crippen molar-refractivity contribution in [2.75, 3.05) is 26.1 Å². The number of aliphatic hydroxyl groups is 1. The van der Waals surface area contributed by atoms with Crippen molar-refractivity contribution in [3.05, 3.63) is 108 Å². The molecule has 1 aliphatic rings. The smallest absolute Gasteiger partial charge is 0.306 e. The van der Waals surface area contributed by atoms with Crippen molar-refractivity contribution in [1.29, 1.82) is 0 Å². The Morgan fingerprint density at radius 3 is 1.96 bits per heavy atom. The summed E-state index contributed by atoms with van der Waals surface area (Å²) in [7, 11) is 3.17. The van der Waals surface area contributed by atoms with E-state index in [2.05, 4.69) is 20.3 Å². The molecule has 15 nitrogen and oxygen atoms in total. The molecule has 0 bridgehead atoms. The number of fused-ring (bicyclic) bond motifs is 1. The van der Waals surface area contributed by atoms with Crippen molar-refractivity contribution in [3.63, 3.8) is 0 Å². The lowest BCUT2D eigenvalue weighted by molar-refractivity contribution is -0.159. The summed E-state index contributed by atoms with van der Waals surface area (Å²) >= 11 is 0. The van der Waals surface area contributed by atoms with Gasteiger partial charge in [0.15, 0.2) is 29.3 Å². The molecule has 292 valence electrons. The highest BCUT2D eigenvalue weighted by molar-refractivity contribution is 5.98. The van der Waals surface area contributed by atoms with Crippen LogP contribution in [0.3, 0.4) is 0 Å². The van der Waals surface area contributed by atoms with Gasteiger partial charge < -0.3 is 43.7 Å². The summed E-state index contributed by atoms with van der Waals surface area (Å²) in [6, 6.07) is 24.5. The number of benzene rings is 3. The lowest BCUT2D eigenvalue weighted by atomic mass is 9.80. The first-order valence-corrected chi connectivity index (χ1v) is 18.0. The Labute approximate surface area is 322 Å². The second kappa shape index (κ2) is 17.6. The molecule has 0 spiro atoms. The highest BCUT2D eigenvalue weighted by Gasteiger charge is 2.49. The summed E-state index contributed by atoms with van der Waals surface area (Å²) in [5, 5.41) is 14.6. The van der Waals surface area contributed by atoms with E-state index in [4.69, 9.17) is 23.7 Å². The van der Waals surface area contributed by atoms with Crippen LogP contribution in [0.2, 0.25) is 0 Å². The molecule has 2 aromatic heterocycles. The van der Waals surface area contributed by atoms with Gasteiger partial charge in [-0.3, -0.25) is 14.2 Å². The Hall–Kier alpha value is -6.03. The van der Waals surface area contributed by atoms with Gasteiger partial charge in [-0.05, 0) is 54.8 Å². The zero-order chi connectivity index (χ0) is 39.8. The minimum absolute atomic E-state index is 0.0447. The Kier molecular flexibility index (Phi) is 12.5. The van der Waals surface area contributed by atoms with Gasteiger partial charge in [-0.15, -0.1) is 0 Å². The van der Waals surface area contributed by atoms with E-state index in [0.29, 0.717) is 11.5 Å². The first-order chi connectivity index (χ1) is 27.0. The van der Waals surface area contributed by atoms with Crippen LogP contribution in [0, 0.1) is 0 Å². The molecular weight excluding hydrogens is 722 g/mol. The molecule has 1 fully saturated rings. The number of hydrogen-bond donors (Lipinski definition) is 2. The third-order valence-electron chi connectivity index (χ3n) is 9.49. The van der Waals surface area contributed by atoms with Gasteiger partial charge in [-0.2, -0.15) is 0 Å². The average molecular weight is 766 g/mol. The van der Waals surface area contributed by atoms with E-state index >= 15 is 0 Å². The fourth-order valence-corrected chi connectivity index (χ4v) is 6.59. The maximum atomic E-state index is 13.1. The van der Waals surface area contributed by atoms with Gasteiger partial charge in [0.1, 0.15) is 47.2 Å². The van der Waals surface area contributed by atoms with Gasteiger partial charge in [0, 0.05) is 19.3 Å². The van der Waals surface area contributed by atoms with Crippen molar-refractivity contribution in [2.45, 2.75) is 69.7 Å². The number of hydrogen-bond acceptors (Lipinski definition) is 13. The second-order valence-electron chi connectivity index (χ2n) is 13.3. The van der Waals surface area contributed by atoms with E-state index in [1.807, 2.05) is 78.9 Å². The number of nitrogens with one attached hydrogen (secondary N) is 1. The van der Waals surface area contributed by atoms with E-state index in [0.717, 1.165) is 16.7 Å². The van der Waals surface area contributed by atoms with Gasteiger partial charge in [0.05, 0.1) is 33.6 Å².